The van der Waals surface area contributed by atoms with Crippen LogP contribution < -0.4 is 0 Å². The highest BCUT2D eigenvalue weighted by Crippen LogP contribution is 2.43. The molecule has 0 fully saturated rings. The predicted molar refractivity (Wildman–Crippen MR) is 229 cm³/mol. The molecule has 0 aromatic rings. The smallest absolute Gasteiger partial charge is 0.457 e. The second kappa shape index (κ2) is 39.1. The molecule has 9 heteroatoms. The number of carbonyl (C=O) groups is 1. The first-order chi connectivity index (χ1) is 26.1. The van der Waals surface area contributed by atoms with E-state index in [4.69, 9.17) is 18.5 Å². The average molecular weight is 789 g/mol. The Bertz CT molecular complexity index is 879. The minimum absolute atomic E-state index is 0.0913. The van der Waals surface area contributed by atoms with E-state index in [2.05, 4.69) is 26.0 Å². The highest BCUT2D eigenvalue weighted by Gasteiger charge is 2.26. The molecule has 0 saturated carbocycles. The van der Waals surface area contributed by atoms with Crippen molar-refractivity contribution in [1.29, 1.82) is 0 Å². The molecule has 0 aromatic heterocycles. The Kier molecular flexibility index (Phi) is 38.5. The number of nitrogens with zero attached hydrogens (tertiary/aromatic N) is 1. The molecule has 0 bridgehead atoms. The number of hydrogen-bond donors (Lipinski definition) is 1. The molecule has 0 amide bonds. The molecule has 0 radical (unpaired) electrons. The zero-order chi connectivity index (χ0) is 39.9. The molecule has 322 valence electrons. The van der Waals surface area contributed by atoms with Crippen LogP contribution in [0.25, 0.3) is 0 Å². The van der Waals surface area contributed by atoms with Gasteiger partial charge in [0.1, 0.15) is 19.3 Å². The van der Waals surface area contributed by atoms with Crippen LogP contribution in [0.5, 0.6) is 0 Å². The van der Waals surface area contributed by atoms with E-state index in [-0.39, 0.29) is 25.8 Å². The summed E-state index contributed by atoms with van der Waals surface area (Å²) < 4.78 is 35.0. The Labute approximate surface area is 335 Å². The number of phosphoric ester groups is 1. The van der Waals surface area contributed by atoms with Crippen molar-refractivity contribution in [2.75, 3.05) is 54.1 Å². The van der Waals surface area contributed by atoms with E-state index in [0.717, 1.165) is 32.1 Å². The highest BCUT2D eigenvalue weighted by atomic mass is 31.2. The number of unbranched alkanes of at least 4 members (excludes halogenated alkanes) is 27. The molecule has 2 atom stereocenters. The minimum atomic E-state index is -4.27. The van der Waals surface area contributed by atoms with Gasteiger partial charge in [0, 0.05) is 13.0 Å². The Morgan fingerprint density at radius 3 is 1.41 bits per heavy atom. The molecule has 2 unspecified atom stereocenters. The summed E-state index contributed by atoms with van der Waals surface area (Å²) in [5.41, 5.74) is 0. The fourth-order valence-electron chi connectivity index (χ4n) is 6.49. The van der Waals surface area contributed by atoms with Crippen LogP contribution in [0.15, 0.2) is 12.2 Å². The number of ether oxygens (including phenoxy) is 2. The van der Waals surface area contributed by atoms with E-state index in [0.29, 0.717) is 24.1 Å². The number of esters is 1. The van der Waals surface area contributed by atoms with Crippen molar-refractivity contribution in [2.24, 2.45) is 0 Å². The molecular weight excluding hydrogens is 697 g/mol. The van der Waals surface area contributed by atoms with Crippen LogP contribution in [0, 0.1) is 0 Å². The number of likely N-dealkylation sites (N-methyl/N-ethyl adjacent to an activating group) is 1. The Morgan fingerprint density at radius 1 is 0.556 bits per heavy atom. The molecule has 0 rings (SSSR count). The summed E-state index contributed by atoms with van der Waals surface area (Å²) in [5.74, 6) is -0.311. The molecule has 0 aromatic carbocycles. The van der Waals surface area contributed by atoms with Crippen molar-refractivity contribution in [1.82, 2.24) is 0 Å². The van der Waals surface area contributed by atoms with Crippen molar-refractivity contribution in [3.63, 3.8) is 0 Å². The lowest BCUT2D eigenvalue weighted by Gasteiger charge is -2.24. The SMILES string of the molecule is CCCCCCCC/C=C\CCCCCCCCCCOCC(COP(=O)(O)OCC[N+](C)(C)C)OC(=O)CCCCCCCCCCCCCCCC. The fraction of sp³-hybridized carbons (Fsp3) is 0.933. The van der Waals surface area contributed by atoms with Crippen molar-refractivity contribution in [3.8, 4) is 0 Å². The van der Waals surface area contributed by atoms with Crippen LogP contribution in [-0.4, -0.2) is 75.6 Å². The summed E-state index contributed by atoms with van der Waals surface area (Å²) in [6, 6.07) is 0. The lowest BCUT2D eigenvalue weighted by molar-refractivity contribution is -0.870. The van der Waals surface area contributed by atoms with Crippen molar-refractivity contribution < 1.29 is 37.3 Å². The van der Waals surface area contributed by atoms with Gasteiger partial charge < -0.3 is 18.9 Å². The number of carbonyl (C=O) groups excluding carboxylic acids is 1. The molecule has 0 aliphatic rings. The first-order valence-electron chi connectivity index (χ1n) is 22.9. The largest absolute Gasteiger partial charge is 0.472 e. The van der Waals surface area contributed by atoms with Gasteiger partial charge in [0.15, 0.2) is 0 Å². The Morgan fingerprint density at radius 2 is 0.963 bits per heavy atom. The minimum Gasteiger partial charge on any atom is -0.457 e. The molecule has 1 N–H and O–H groups in total. The number of hydrogen-bond acceptors (Lipinski definition) is 6. The maximum absolute atomic E-state index is 12.7. The zero-order valence-corrected chi connectivity index (χ0v) is 37.4. The Hall–Kier alpha value is -0.760. The van der Waals surface area contributed by atoms with Crippen LogP contribution in [0.2, 0.25) is 0 Å². The normalized spacial score (nSPS) is 13.8. The quantitative estimate of drug-likeness (QED) is 0.0216. The van der Waals surface area contributed by atoms with Gasteiger partial charge >= 0.3 is 13.8 Å². The summed E-state index contributed by atoms with van der Waals surface area (Å²) in [6.07, 6.45) is 42.4. The third-order valence-corrected chi connectivity index (χ3v) is 11.1. The molecule has 0 aliphatic heterocycles. The van der Waals surface area contributed by atoms with Gasteiger partial charge in [-0.25, -0.2) is 4.57 Å². The molecule has 0 heterocycles. The second-order valence-corrected chi connectivity index (χ2v) is 18.2. The van der Waals surface area contributed by atoms with Crippen molar-refractivity contribution >= 4 is 13.8 Å². The number of rotatable bonds is 43. The lowest BCUT2D eigenvalue weighted by Crippen LogP contribution is -2.37. The van der Waals surface area contributed by atoms with E-state index in [1.165, 1.54) is 161 Å². The predicted octanol–water partition coefficient (Wildman–Crippen LogP) is 13.4. The van der Waals surface area contributed by atoms with Gasteiger partial charge in [0.2, 0.25) is 0 Å². The maximum Gasteiger partial charge on any atom is 0.472 e. The summed E-state index contributed by atoms with van der Waals surface area (Å²) in [6.45, 7) is 5.65. The molecule has 0 saturated heterocycles. The van der Waals surface area contributed by atoms with E-state index in [1.807, 2.05) is 21.1 Å². The Balaban J connectivity index is 4.17. The van der Waals surface area contributed by atoms with E-state index in [1.54, 1.807) is 0 Å². The highest BCUT2D eigenvalue weighted by molar-refractivity contribution is 7.47. The zero-order valence-electron chi connectivity index (χ0n) is 36.5. The molecular formula is C45H91NO7P+. The summed E-state index contributed by atoms with van der Waals surface area (Å²) >= 11 is 0. The van der Waals surface area contributed by atoms with E-state index >= 15 is 0 Å². The summed E-state index contributed by atoms with van der Waals surface area (Å²) in [4.78, 5) is 22.9. The third kappa shape index (κ3) is 42.4. The van der Waals surface area contributed by atoms with Gasteiger partial charge in [0.25, 0.3) is 0 Å². The van der Waals surface area contributed by atoms with Crippen LogP contribution >= 0.6 is 7.82 Å². The molecule has 0 aliphatic carbocycles. The number of allylic oxidation sites excluding steroid dienone is 2. The summed E-state index contributed by atoms with van der Waals surface area (Å²) in [5, 5.41) is 0. The first-order valence-corrected chi connectivity index (χ1v) is 24.4. The van der Waals surface area contributed by atoms with Crippen LogP contribution in [0.4, 0.5) is 0 Å². The monoisotopic (exact) mass is 789 g/mol. The van der Waals surface area contributed by atoms with Crippen LogP contribution in [-0.2, 0) is 27.9 Å². The van der Waals surface area contributed by atoms with E-state index in [9.17, 15) is 14.3 Å². The van der Waals surface area contributed by atoms with E-state index < -0.39 is 13.9 Å². The average Bonchev–Trinajstić information content (AvgIpc) is 3.12. The van der Waals surface area contributed by atoms with Crippen LogP contribution in [0.1, 0.15) is 213 Å². The maximum atomic E-state index is 12.7. The van der Waals surface area contributed by atoms with Gasteiger partial charge in [-0.1, -0.05) is 180 Å². The van der Waals surface area contributed by atoms with Gasteiger partial charge in [-0.05, 0) is 38.5 Å². The number of quaternary nitrogens is 1. The summed E-state index contributed by atoms with van der Waals surface area (Å²) in [7, 11) is 1.68. The standard InChI is InChI=1S/C45H90NO7P/c1-6-8-10-12-14-16-18-20-22-23-24-25-27-29-31-33-35-37-40-50-42-44(43-52-54(48,49)51-41-39-46(3,4)5)53-45(47)38-36-34-32-30-28-26-21-19-17-15-13-11-9-7-2/h20,22,44H,6-19,21,23-43H2,1-5H3/p+1/b22-20-. The third-order valence-electron chi connectivity index (χ3n) is 10.1. The second-order valence-electron chi connectivity index (χ2n) is 16.8. The van der Waals surface area contributed by atoms with Gasteiger partial charge in [-0.3, -0.25) is 13.8 Å². The van der Waals surface area contributed by atoms with Crippen LogP contribution in [0.3, 0.4) is 0 Å². The lowest BCUT2D eigenvalue weighted by atomic mass is 10.0. The molecule has 8 nitrogen and oxygen atoms in total. The van der Waals surface area contributed by atoms with Crippen molar-refractivity contribution in [2.45, 2.75) is 219 Å². The molecule has 0 spiro atoms. The van der Waals surface area contributed by atoms with Gasteiger partial charge in [-0.15, -0.1) is 0 Å². The van der Waals surface area contributed by atoms with Crippen molar-refractivity contribution in [3.05, 3.63) is 12.2 Å². The topological polar surface area (TPSA) is 91.3 Å². The van der Waals surface area contributed by atoms with Gasteiger partial charge in [-0.2, -0.15) is 0 Å². The molecule has 54 heavy (non-hydrogen) atoms. The van der Waals surface area contributed by atoms with Gasteiger partial charge in [0.05, 0.1) is 34.4 Å². The first kappa shape index (κ1) is 53.2. The fourth-order valence-corrected chi connectivity index (χ4v) is 7.23. The number of phosphoric acid groups is 1.